The molecule has 0 amide bonds. The Bertz CT molecular complexity index is 1640. The summed E-state index contributed by atoms with van der Waals surface area (Å²) in [5.74, 6) is -1.43. The first-order chi connectivity index (χ1) is 20.1. The van der Waals surface area contributed by atoms with Gasteiger partial charge in [0.15, 0.2) is 11.6 Å². The van der Waals surface area contributed by atoms with Crippen molar-refractivity contribution in [2.45, 2.75) is 24.7 Å². The standard InChI is InChI=1S/C38H28O3/c39-29-23-32(27-17-9-3-10-18-27)38(33(24-29)28-19-11-4-12-20-28)36(40)34-30(25-13-5-1-6-14-25)21-22-31(35(34)37(38)41)26-15-7-2-8-16-26/h1-22,32-33H,23-24H2. The molecule has 5 aromatic carbocycles. The maximum Gasteiger partial charge on any atom is 0.179 e. The first-order valence-electron chi connectivity index (χ1n) is 14.1. The molecular formula is C38H28O3. The lowest BCUT2D eigenvalue weighted by molar-refractivity contribution is -0.122. The van der Waals surface area contributed by atoms with Crippen molar-refractivity contribution in [1.82, 2.24) is 0 Å². The maximum absolute atomic E-state index is 15.3. The lowest BCUT2D eigenvalue weighted by Gasteiger charge is -2.45. The van der Waals surface area contributed by atoms with E-state index in [2.05, 4.69) is 0 Å². The van der Waals surface area contributed by atoms with Gasteiger partial charge in [-0.2, -0.15) is 0 Å². The van der Waals surface area contributed by atoms with Crippen molar-refractivity contribution < 1.29 is 14.4 Å². The van der Waals surface area contributed by atoms with Gasteiger partial charge in [-0.25, -0.2) is 0 Å². The second-order valence-corrected chi connectivity index (χ2v) is 11.0. The average Bonchev–Trinajstić information content (AvgIpc) is 3.26. The summed E-state index contributed by atoms with van der Waals surface area (Å²) >= 11 is 0. The zero-order chi connectivity index (χ0) is 28.0. The molecule has 1 saturated carbocycles. The third-order valence-corrected chi connectivity index (χ3v) is 8.95. The zero-order valence-corrected chi connectivity index (χ0v) is 22.5. The topological polar surface area (TPSA) is 51.2 Å². The largest absolute Gasteiger partial charge is 0.300 e. The van der Waals surface area contributed by atoms with Gasteiger partial charge in [0.25, 0.3) is 0 Å². The molecule has 2 atom stereocenters. The van der Waals surface area contributed by atoms with Crippen molar-refractivity contribution in [3.63, 3.8) is 0 Å². The summed E-state index contributed by atoms with van der Waals surface area (Å²) in [6, 6.07) is 42.9. The fourth-order valence-electron chi connectivity index (χ4n) is 7.18. The molecule has 7 rings (SSSR count). The monoisotopic (exact) mass is 532 g/mol. The van der Waals surface area contributed by atoms with Crippen LogP contribution in [0.5, 0.6) is 0 Å². The minimum absolute atomic E-state index is 0.0708. The van der Waals surface area contributed by atoms with Gasteiger partial charge in [-0.15, -0.1) is 0 Å². The minimum atomic E-state index is -1.44. The highest BCUT2D eigenvalue weighted by Crippen LogP contribution is 2.62. The van der Waals surface area contributed by atoms with Crippen molar-refractivity contribution in [1.29, 1.82) is 0 Å². The van der Waals surface area contributed by atoms with E-state index >= 15 is 9.59 Å². The van der Waals surface area contributed by atoms with Crippen molar-refractivity contribution in [2.75, 3.05) is 0 Å². The third kappa shape index (κ3) is 3.84. The predicted molar refractivity (Wildman–Crippen MR) is 161 cm³/mol. The number of hydrogen-bond donors (Lipinski definition) is 0. The first-order valence-corrected chi connectivity index (χ1v) is 14.1. The van der Waals surface area contributed by atoms with Crippen molar-refractivity contribution in [3.8, 4) is 22.3 Å². The van der Waals surface area contributed by atoms with E-state index < -0.39 is 17.3 Å². The predicted octanol–water partition coefficient (Wildman–Crippen LogP) is 8.32. The summed E-state index contributed by atoms with van der Waals surface area (Å²) in [4.78, 5) is 44.0. The molecule has 0 aromatic heterocycles. The van der Waals surface area contributed by atoms with Crippen LogP contribution in [-0.4, -0.2) is 17.3 Å². The SMILES string of the molecule is O=C1CC(c2ccccc2)C2(C(=O)c3c(-c4ccccc4)ccc(-c4ccccc4)c3C2=O)C(c2ccccc2)C1. The molecule has 0 aliphatic heterocycles. The van der Waals surface area contributed by atoms with Gasteiger partial charge in [0.05, 0.1) is 0 Å². The first kappa shape index (κ1) is 25.1. The summed E-state index contributed by atoms with van der Waals surface area (Å²) in [6.45, 7) is 0. The number of Topliss-reactive ketones (excluding diaryl/α,β-unsaturated/α-hetero) is 3. The molecule has 2 aliphatic rings. The Morgan fingerprint density at radius 1 is 0.439 bits per heavy atom. The number of benzene rings is 5. The number of fused-ring (bicyclic) bond motifs is 1. The van der Waals surface area contributed by atoms with Crippen LogP contribution in [0, 0.1) is 5.41 Å². The lowest BCUT2D eigenvalue weighted by Crippen LogP contribution is -2.49. The van der Waals surface area contributed by atoms with Gasteiger partial charge in [0, 0.05) is 35.8 Å². The molecule has 2 aliphatic carbocycles. The van der Waals surface area contributed by atoms with E-state index in [4.69, 9.17) is 0 Å². The fraction of sp³-hybridized carbons (Fsp3) is 0.132. The van der Waals surface area contributed by atoms with Gasteiger partial charge in [-0.3, -0.25) is 14.4 Å². The van der Waals surface area contributed by atoms with Crippen LogP contribution < -0.4 is 0 Å². The van der Waals surface area contributed by atoms with Gasteiger partial charge in [-0.1, -0.05) is 133 Å². The van der Waals surface area contributed by atoms with Crippen LogP contribution in [0.4, 0.5) is 0 Å². The maximum atomic E-state index is 15.3. The highest BCUT2D eigenvalue weighted by atomic mass is 16.2. The molecule has 198 valence electrons. The summed E-state index contributed by atoms with van der Waals surface area (Å²) in [7, 11) is 0. The van der Waals surface area contributed by atoms with Crippen LogP contribution in [0.3, 0.4) is 0 Å². The molecule has 0 radical (unpaired) electrons. The molecule has 41 heavy (non-hydrogen) atoms. The molecular weight excluding hydrogens is 504 g/mol. The molecule has 1 fully saturated rings. The molecule has 1 spiro atoms. The van der Waals surface area contributed by atoms with Crippen LogP contribution in [0.15, 0.2) is 133 Å². The van der Waals surface area contributed by atoms with E-state index in [0.29, 0.717) is 11.1 Å². The number of ketones is 3. The summed E-state index contributed by atoms with van der Waals surface area (Å²) in [5, 5.41) is 0. The zero-order valence-electron chi connectivity index (χ0n) is 22.5. The van der Waals surface area contributed by atoms with E-state index in [-0.39, 0.29) is 30.2 Å². The third-order valence-electron chi connectivity index (χ3n) is 8.95. The van der Waals surface area contributed by atoms with Gasteiger partial charge in [0.1, 0.15) is 11.2 Å². The Morgan fingerprint density at radius 3 is 1.15 bits per heavy atom. The number of hydrogen-bond acceptors (Lipinski definition) is 3. The number of rotatable bonds is 4. The summed E-state index contributed by atoms with van der Waals surface area (Å²) in [6.07, 6.45) is 0.306. The lowest BCUT2D eigenvalue weighted by atomic mass is 9.54. The Kier molecular flexibility index (Phi) is 6.09. The number of carbonyl (C=O) groups is 3. The molecule has 3 heteroatoms. The molecule has 3 nitrogen and oxygen atoms in total. The van der Waals surface area contributed by atoms with Crippen LogP contribution in [-0.2, 0) is 4.79 Å². The highest BCUT2D eigenvalue weighted by Gasteiger charge is 2.65. The Balaban J connectivity index is 1.56. The van der Waals surface area contributed by atoms with Crippen molar-refractivity contribution in [3.05, 3.63) is 156 Å². The molecule has 2 unspecified atom stereocenters. The van der Waals surface area contributed by atoms with Crippen LogP contribution in [0.1, 0.15) is 56.5 Å². The minimum Gasteiger partial charge on any atom is -0.300 e. The smallest absolute Gasteiger partial charge is 0.179 e. The highest BCUT2D eigenvalue weighted by molar-refractivity contribution is 6.35. The second-order valence-electron chi connectivity index (χ2n) is 11.0. The molecule has 0 bridgehead atoms. The van der Waals surface area contributed by atoms with Gasteiger partial charge in [0.2, 0.25) is 0 Å². The van der Waals surface area contributed by atoms with Gasteiger partial charge in [-0.05, 0) is 33.4 Å². The van der Waals surface area contributed by atoms with Gasteiger partial charge >= 0.3 is 0 Å². The van der Waals surface area contributed by atoms with Crippen molar-refractivity contribution >= 4 is 17.3 Å². The van der Waals surface area contributed by atoms with Crippen molar-refractivity contribution in [2.24, 2.45) is 5.41 Å². The molecule has 0 heterocycles. The van der Waals surface area contributed by atoms with E-state index in [9.17, 15) is 4.79 Å². The summed E-state index contributed by atoms with van der Waals surface area (Å²) in [5.41, 5.74) is 4.49. The summed E-state index contributed by atoms with van der Waals surface area (Å²) < 4.78 is 0. The molecule has 5 aromatic rings. The van der Waals surface area contributed by atoms with E-state index in [1.165, 1.54) is 0 Å². The Morgan fingerprint density at radius 2 is 0.780 bits per heavy atom. The van der Waals surface area contributed by atoms with E-state index in [1.54, 1.807) is 0 Å². The van der Waals surface area contributed by atoms with E-state index in [0.717, 1.165) is 33.4 Å². The molecule has 0 saturated heterocycles. The van der Waals surface area contributed by atoms with E-state index in [1.807, 2.05) is 133 Å². The quantitative estimate of drug-likeness (QED) is 0.219. The van der Waals surface area contributed by atoms with Crippen LogP contribution in [0.25, 0.3) is 22.3 Å². The van der Waals surface area contributed by atoms with Crippen LogP contribution >= 0.6 is 0 Å². The second kappa shape index (κ2) is 9.94. The Labute approximate surface area is 239 Å². The fourth-order valence-corrected chi connectivity index (χ4v) is 7.18. The van der Waals surface area contributed by atoms with Crippen LogP contribution in [0.2, 0.25) is 0 Å². The average molecular weight is 533 g/mol. The van der Waals surface area contributed by atoms with Gasteiger partial charge < -0.3 is 0 Å². The molecule has 0 N–H and O–H groups in total. The Hall–Kier alpha value is -4.89. The number of carbonyl (C=O) groups excluding carboxylic acids is 3. The normalized spacial score (nSPS) is 19.4.